The van der Waals surface area contributed by atoms with Gasteiger partial charge >= 0.3 is 0 Å². The first-order valence-corrected chi connectivity index (χ1v) is 10.5. The minimum atomic E-state index is -0.0344. The number of aryl methyl sites for hydroxylation is 1. The number of rotatable bonds is 6. The van der Waals surface area contributed by atoms with Crippen molar-refractivity contribution >= 4 is 17.2 Å². The zero-order valence-electron chi connectivity index (χ0n) is 15.4. The maximum atomic E-state index is 12.8. The Labute approximate surface area is 159 Å². The van der Waals surface area contributed by atoms with Gasteiger partial charge in [-0.25, -0.2) is 4.98 Å². The van der Waals surface area contributed by atoms with Crippen LogP contribution in [-0.2, 0) is 6.54 Å². The second-order valence-corrected chi connectivity index (χ2v) is 8.82. The molecule has 2 aliphatic rings. The number of piperidine rings is 1. The molecule has 2 aromatic rings. The lowest BCUT2D eigenvalue weighted by Crippen LogP contribution is -2.55. The molecule has 0 bridgehead atoms. The molecule has 5 heteroatoms. The van der Waals surface area contributed by atoms with Gasteiger partial charge in [0.2, 0.25) is 0 Å². The van der Waals surface area contributed by atoms with Gasteiger partial charge < -0.3 is 5.32 Å². The fourth-order valence-corrected chi connectivity index (χ4v) is 4.80. The Kier molecular flexibility index (Phi) is 5.09. The quantitative estimate of drug-likeness (QED) is 0.837. The fraction of sp³-hybridized carbons (Fsp3) is 0.524. The molecule has 0 atom stereocenters. The van der Waals surface area contributed by atoms with Crippen LogP contribution < -0.4 is 5.32 Å². The highest BCUT2D eigenvalue weighted by atomic mass is 32.1. The van der Waals surface area contributed by atoms with Crippen LogP contribution in [-0.4, -0.2) is 34.4 Å². The zero-order chi connectivity index (χ0) is 18.0. The summed E-state index contributed by atoms with van der Waals surface area (Å²) in [4.78, 5) is 21.0. The predicted molar refractivity (Wildman–Crippen MR) is 105 cm³/mol. The van der Waals surface area contributed by atoms with E-state index in [1.165, 1.54) is 17.7 Å². The summed E-state index contributed by atoms with van der Waals surface area (Å²) in [5.41, 5.74) is 3.83. The van der Waals surface area contributed by atoms with Gasteiger partial charge in [0, 0.05) is 35.6 Å². The molecule has 0 unspecified atom stereocenters. The first kappa shape index (κ1) is 17.7. The summed E-state index contributed by atoms with van der Waals surface area (Å²) < 4.78 is 0. The first-order valence-electron chi connectivity index (χ1n) is 9.62. The number of carbonyl (C=O) groups is 1. The monoisotopic (exact) mass is 369 g/mol. The standard InChI is InChI=1S/C21H27N3OS/c1-16-19(26-15-22-16)14-24-11-9-21(10-12-24,13-17-7-8-17)23-20(25)18-5-3-2-4-6-18/h2-6,15,17H,7-14H2,1H3,(H,23,25). The van der Waals surface area contributed by atoms with E-state index in [9.17, 15) is 4.79 Å². The van der Waals surface area contributed by atoms with Gasteiger partial charge in [0.1, 0.15) is 0 Å². The Morgan fingerprint density at radius 1 is 1.27 bits per heavy atom. The minimum Gasteiger partial charge on any atom is -0.346 e. The average molecular weight is 370 g/mol. The van der Waals surface area contributed by atoms with Gasteiger partial charge in [0.15, 0.2) is 0 Å². The van der Waals surface area contributed by atoms with E-state index >= 15 is 0 Å². The number of nitrogens with one attached hydrogen (secondary N) is 1. The van der Waals surface area contributed by atoms with Crippen molar-refractivity contribution in [3.05, 3.63) is 52.0 Å². The summed E-state index contributed by atoms with van der Waals surface area (Å²) in [6.07, 6.45) is 5.87. The molecule has 0 radical (unpaired) electrons. The summed E-state index contributed by atoms with van der Waals surface area (Å²) in [6.45, 7) is 5.16. The number of nitrogens with zero attached hydrogens (tertiary/aromatic N) is 2. The van der Waals surface area contributed by atoms with Crippen LogP contribution in [0.25, 0.3) is 0 Å². The van der Waals surface area contributed by atoms with Gasteiger partial charge in [0.05, 0.1) is 11.2 Å². The minimum absolute atomic E-state index is 0.0344. The number of likely N-dealkylation sites (tertiary alicyclic amines) is 1. The molecule has 0 spiro atoms. The van der Waals surface area contributed by atoms with Crippen molar-refractivity contribution < 1.29 is 4.79 Å². The number of thiazole rings is 1. The third kappa shape index (κ3) is 4.15. The van der Waals surface area contributed by atoms with Crippen LogP contribution >= 0.6 is 11.3 Å². The molecule has 2 heterocycles. The van der Waals surface area contributed by atoms with E-state index < -0.39 is 0 Å². The lowest BCUT2D eigenvalue weighted by Gasteiger charge is -2.42. The lowest BCUT2D eigenvalue weighted by molar-refractivity contribution is 0.0771. The number of carbonyl (C=O) groups excluding carboxylic acids is 1. The predicted octanol–water partition coefficient (Wildman–Crippen LogP) is 4.02. The second-order valence-electron chi connectivity index (χ2n) is 7.89. The summed E-state index contributed by atoms with van der Waals surface area (Å²) in [7, 11) is 0. The third-order valence-corrected chi connectivity index (χ3v) is 6.74. The highest BCUT2D eigenvalue weighted by Crippen LogP contribution is 2.41. The molecule has 1 aromatic heterocycles. The van der Waals surface area contributed by atoms with Gasteiger partial charge in [-0.15, -0.1) is 11.3 Å². The lowest BCUT2D eigenvalue weighted by atomic mass is 9.82. The van der Waals surface area contributed by atoms with Crippen molar-refractivity contribution in [2.75, 3.05) is 13.1 Å². The third-order valence-electron chi connectivity index (χ3n) is 5.82. The largest absolute Gasteiger partial charge is 0.346 e. The van der Waals surface area contributed by atoms with E-state index in [4.69, 9.17) is 0 Å². The number of amides is 1. The van der Waals surface area contributed by atoms with E-state index in [0.29, 0.717) is 0 Å². The molecular weight excluding hydrogens is 342 g/mol. The number of hydrogen-bond donors (Lipinski definition) is 1. The van der Waals surface area contributed by atoms with Crippen molar-refractivity contribution in [2.45, 2.75) is 51.1 Å². The molecule has 1 aliphatic heterocycles. The molecule has 26 heavy (non-hydrogen) atoms. The molecule has 1 aromatic carbocycles. The van der Waals surface area contributed by atoms with Crippen LogP contribution in [0.2, 0.25) is 0 Å². The van der Waals surface area contributed by atoms with Gasteiger partial charge in [-0.1, -0.05) is 31.0 Å². The molecule has 1 N–H and O–H groups in total. The van der Waals surface area contributed by atoms with Crippen molar-refractivity contribution in [1.29, 1.82) is 0 Å². The normalized spacial score (nSPS) is 20.0. The number of benzene rings is 1. The summed E-state index contributed by atoms with van der Waals surface area (Å²) in [5.74, 6) is 0.888. The molecule has 1 saturated carbocycles. The summed E-state index contributed by atoms with van der Waals surface area (Å²) >= 11 is 1.75. The van der Waals surface area contributed by atoms with E-state index in [1.54, 1.807) is 11.3 Å². The Balaban J connectivity index is 1.41. The van der Waals surface area contributed by atoms with Gasteiger partial charge in [-0.05, 0) is 44.2 Å². The van der Waals surface area contributed by atoms with Crippen LogP contribution in [0.1, 0.15) is 53.0 Å². The van der Waals surface area contributed by atoms with Gasteiger partial charge in [-0.3, -0.25) is 9.69 Å². The zero-order valence-corrected chi connectivity index (χ0v) is 16.2. The number of hydrogen-bond acceptors (Lipinski definition) is 4. The van der Waals surface area contributed by atoms with Crippen LogP contribution in [0.4, 0.5) is 0 Å². The van der Waals surface area contributed by atoms with Crippen LogP contribution in [0.3, 0.4) is 0 Å². The van der Waals surface area contributed by atoms with E-state index in [2.05, 4.69) is 22.1 Å². The van der Waals surface area contributed by atoms with Crippen molar-refractivity contribution in [3.63, 3.8) is 0 Å². The highest BCUT2D eigenvalue weighted by molar-refractivity contribution is 7.09. The topological polar surface area (TPSA) is 45.2 Å². The molecule has 2 fully saturated rings. The summed E-state index contributed by atoms with van der Waals surface area (Å²) in [5, 5.41) is 3.44. The second kappa shape index (κ2) is 7.49. The highest BCUT2D eigenvalue weighted by Gasteiger charge is 2.40. The summed E-state index contributed by atoms with van der Waals surface area (Å²) in [6, 6.07) is 9.63. The van der Waals surface area contributed by atoms with Crippen LogP contribution in [0.15, 0.2) is 35.8 Å². The molecule has 1 amide bonds. The Morgan fingerprint density at radius 3 is 2.62 bits per heavy atom. The molecule has 1 saturated heterocycles. The first-order chi connectivity index (χ1) is 12.6. The Morgan fingerprint density at radius 2 is 2.00 bits per heavy atom. The van der Waals surface area contributed by atoms with Gasteiger partial charge in [-0.2, -0.15) is 0 Å². The Hall–Kier alpha value is -1.72. The van der Waals surface area contributed by atoms with Crippen molar-refractivity contribution in [2.24, 2.45) is 5.92 Å². The maximum absolute atomic E-state index is 12.8. The van der Waals surface area contributed by atoms with Crippen molar-refractivity contribution in [1.82, 2.24) is 15.2 Å². The molecular formula is C21H27N3OS. The smallest absolute Gasteiger partial charge is 0.251 e. The van der Waals surface area contributed by atoms with Crippen molar-refractivity contribution in [3.8, 4) is 0 Å². The number of aromatic nitrogens is 1. The average Bonchev–Trinajstić information content (AvgIpc) is 3.38. The molecule has 4 nitrogen and oxygen atoms in total. The SMILES string of the molecule is Cc1ncsc1CN1CCC(CC2CC2)(NC(=O)c2ccccc2)CC1. The van der Waals surface area contributed by atoms with E-state index in [-0.39, 0.29) is 11.4 Å². The molecule has 138 valence electrons. The molecule has 1 aliphatic carbocycles. The Bertz CT molecular complexity index is 746. The van der Waals surface area contributed by atoms with Gasteiger partial charge in [0.25, 0.3) is 5.91 Å². The fourth-order valence-electron chi connectivity index (χ4n) is 3.98. The maximum Gasteiger partial charge on any atom is 0.251 e. The van der Waals surface area contributed by atoms with Crippen LogP contribution in [0, 0.1) is 12.8 Å². The van der Waals surface area contributed by atoms with Crippen LogP contribution in [0.5, 0.6) is 0 Å². The van der Waals surface area contributed by atoms with E-state index in [0.717, 1.165) is 56.1 Å². The van der Waals surface area contributed by atoms with E-state index in [1.807, 2.05) is 35.8 Å². The molecule has 4 rings (SSSR count).